The van der Waals surface area contributed by atoms with Gasteiger partial charge in [-0.25, -0.2) is 0 Å². The second-order valence-corrected chi connectivity index (χ2v) is 8.35. The van der Waals surface area contributed by atoms with Gasteiger partial charge in [-0.3, -0.25) is 0 Å². The Morgan fingerprint density at radius 1 is 0.655 bits per heavy atom. The van der Waals surface area contributed by atoms with Crippen molar-refractivity contribution in [2.45, 2.75) is 20.8 Å². The highest BCUT2D eigenvalue weighted by atomic mass is 16.3. The zero-order chi connectivity index (χ0) is 19.7. The first kappa shape index (κ1) is 16.6. The molecule has 1 aliphatic rings. The van der Waals surface area contributed by atoms with Crippen molar-refractivity contribution in [3.05, 3.63) is 82.9 Å². The van der Waals surface area contributed by atoms with Gasteiger partial charge in [-0.05, 0) is 87.8 Å². The lowest BCUT2D eigenvalue weighted by atomic mass is 9.89. The molecule has 0 saturated carbocycles. The fraction of sp³-hybridized carbons (Fsp3) is 0.143. The third-order valence-electron chi connectivity index (χ3n) is 6.52. The lowest BCUT2D eigenvalue weighted by Crippen LogP contribution is -1.94. The maximum atomic E-state index is 6.32. The Morgan fingerprint density at radius 3 is 1.90 bits per heavy atom. The van der Waals surface area contributed by atoms with Crippen LogP contribution < -0.4 is 0 Å². The molecule has 1 unspecified atom stereocenters. The Balaban J connectivity index is 1.75. The average Bonchev–Trinajstić information content (AvgIpc) is 2.94. The van der Waals surface area contributed by atoms with Gasteiger partial charge in [0.25, 0.3) is 0 Å². The number of rotatable bonds is 0. The minimum Gasteiger partial charge on any atom is -0.456 e. The SMILES string of the molecule is Cc1c2c(c(C)c3cc4c(cc13)oc1cc3ccccc3cc14)C=CC(C)C=C2. The van der Waals surface area contributed by atoms with Gasteiger partial charge in [0.15, 0.2) is 0 Å². The molecule has 6 rings (SSSR count). The first-order chi connectivity index (χ1) is 14.1. The van der Waals surface area contributed by atoms with Gasteiger partial charge < -0.3 is 4.42 Å². The van der Waals surface area contributed by atoms with Crippen molar-refractivity contribution in [1.29, 1.82) is 0 Å². The summed E-state index contributed by atoms with van der Waals surface area (Å²) in [5, 5.41) is 7.45. The van der Waals surface area contributed by atoms with Crippen molar-refractivity contribution < 1.29 is 4.42 Å². The Morgan fingerprint density at radius 2 is 1.21 bits per heavy atom. The third-order valence-corrected chi connectivity index (χ3v) is 6.52. The molecule has 29 heavy (non-hydrogen) atoms. The molecule has 0 N–H and O–H groups in total. The predicted octanol–water partition coefficient (Wildman–Crippen LogP) is 8.19. The van der Waals surface area contributed by atoms with Crippen LogP contribution in [0.2, 0.25) is 0 Å². The summed E-state index contributed by atoms with van der Waals surface area (Å²) < 4.78 is 6.32. The summed E-state index contributed by atoms with van der Waals surface area (Å²) in [5.74, 6) is 0.456. The first-order valence-corrected chi connectivity index (χ1v) is 10.3. The lowest BCUT2D eigenvalue weighted by molar-refractivity contribution is 0.670. The van der Waals surface area contributed by atoms with E-state index in [0.29, 0.717) is 5.92 Å². The first-order valence-electron chi connectivity index (χ1n) is 10.3. The minimum absolute atomic E-state index is 0.456. The van der Waals surface area contributed by atoms with Crippen LogP contribution in [0.15, 0.2) is 65.1 Å². The predicted molar refractivity (Wildman–Crippen MR) is 125 cm³/mol. The number of furan rings is 1. The van der Waals surface area contributed by atoms with E-state index in [1.54, 1.807) is 0 Å². The second kappa shape index (κ2) is 5.84. The molecule has 140 valence electrons. The molecule has 0 fully saturated rings. The van der Waals surface area contributed by atoms with Crippen LogP contribution >= 0.6 is 0 Å². The van der Waals surface area contributed by atoms with Gasteiger partial charge >= 0.3 is 0 Å². The summed E-state index contributed by atoms with van der Waals surface area (Å²) in [6.07, 6.45) is 9.16. The number of fused-ring (bicyclic) bond motifs is 6. The molecule has 0 saturated heterocycles. The van der Waals surface area contributed by atoms with Crippen molar-refractivity contribution in [2.24, 2.45) is 5.92 Å². The summed E-state index contributed by atoms with van der Waals surface area (Å²) in [7, 11) is 0. The van der Waals surface area contributed by atoms with E-state index in [9.17, 15) is 0 Å². The largest absolute Gasteiger partial charge is 0.456 e. The smallest absolute Gasteiger partial charge is 0.136 e. The van der Waals surface area contributed by atoms with Gasteiger partial charge in [-0.15, -0.1) is 0 Å². The monoisotopic (exact) mass is 374 g/mol. The number of benzene rings is 4. The highest BCUT2D eigenvalue weighted by Gasteiger charge is 2.17. The molecule has 0 bridgehead atoms. The summed E-state index contributed by atoms with van der Waals surface area (Å²) >= 11 is 0. The van der Waals surface area contributed by atoms with Crippen molar-refractivity contribution in [1.82, 2.24) is 0 Å². The number of hydrogen-bond acceptors (Lipinski definition) is 1. The zero-order valence-electron chi connectivity index (χ0n) is 16.9. The molecule has 4 aromatic carbocycles. The van der Waals surface area contributed by atoms with Crippen LogP contribution in [0, 0.1) is 19.8 Å². The van der Waals surface area contributed by atoms with Crippen LogP contribution in [0.4, 0.5) is 0 Å². The van der Waals surface area contributed by atoms with E-state index < -0.39 is 0 Å². The maximum Gasteiger partial charge on any atom is 0.136 e. The van der Waals surface area contributed by atoms with Crippen LogP contribution in [-0.4, -0.2) is 0 Å². The molecule has 0 radical (unpaired) electrons. The van der Waals surface area contributed by atoms with Crippen LogP contribution in [0.25, 0.3) is 55.6 Å². The molecule has 1 heterocycles. The molecule has 1 heteroatoms. The van der Waals surface area contributed by atoms with Crippen molar-refractivity contribution >= 4 is 55.6 Å². The van der Waals surface area contributed by atoms with Crippen molar-refractivity contribution in [3.63, 3.8) is 0 Å². The van der Waals surface area contributed by atoms with Crippen LogP contribution in [-0.2, 0) is 0 Å². The fourth-order valence-electron chi connectivity index (χ4n) is 4.81. The molecular formula is C28H22O. The minimum atomic E-state index is 0.456. The summed E-state index contributed by atoms with van der Waals surface area (Å²) in [5.41, 5.74) is 7.26. The van der Waals surface area contributed by atoms with Gasteiger partial charge in [0.1, 0.15) is 11.2 Å². The fourth-order valence-corrected chi connectivity index (χ4v) is 4.81. The van der Waals surface area contributed by atoms with E-state index in [1.807, 2.05) is 0 Å². The van der Waals surface area contributed by atoms with E-state index in [2.05, 4.69) is 93.6 Å². The normalized spacial score (nSPS) is 16.2. The zero-order valence-corrected chi connectivity index (χ0v) is 16.9. The van der Waals surface area contributed by atoms with E-state index in [-0.39, 0.29) is 0 Å². The van der Waals surface area contributed by atoms with E-state index in [4.69, 9.17) is 4.42 Å². The average molecular weight is 374 g/mol. The molecular weight excluding hydrogens is 352 g/mol. The Labute approximate surface area is 169 Å². The van der Waals surface area contributed by atoms with E-state index >= 15 is 0 Å². The van der Waals surface area contributed by atoms with Gasteiger partial charge in [-0.1, -0.05) is 55.5 Å². The topological polar surface area (TPSA) is 13.1 Å². The number of allylic oxidation sites excluding steroid dienone is 2. The summed E-state index contributed by atoms with van der Waals surface area (Å²) in [6, 6.07) is 17.5. The van der Waals surface area contributed by atoms with Crippen molar-refractivity contribution in [2.75, 3.05) is 0 Å². The van der Waals surface area contributed by atoms with E-state index in [0.717, 1.165) is 11.2 Å². The van der Waals surface area contributed by atoms with Crippen LogP contribution in [0.3, 0.4) is 0 Å². The lowest BCUT2D eigenvalue weighted by Gasteiger charge is -2.14. The highest BCUT2D eigenvalue weighted by Crippen LogP contribution is 2.39. The molecule has 5 aromatic rings. The molecule has 0 aliphatic heterocycles. The molecule has 1 nitrogen and oxygen atoms in total. The molecule has 0 amide bonds. The van der Waals surface area contributed by atoms with Gasteiger partial charge in [0.2, 0.25) is 0 Å². The Kier molecular flexibility index (Phi) is 3.35. The Bertz CT molecular complexity index is 1530. The maximum absolute atomic E-state index is 6.32. The number of aryl methyl sites for hydroxylation is 2. The molecule has 1 aliphatic carbocycles. The van der Waals surface area contributed by atoms with Crippen LogP contribution in [0.1, 0.15) is 29.2 Å². The summed E-state index contributed by atoms with van der Waals surface area (Å²) in [6.45, 7) is 6.71. The molecule has 1 aromatic heterocycles. The standard InChI is InChI=1S/C28H22O/c1-16-8-10-21-17(2)23-14-26-25-12-19-6-4-5-7-20(19)13-27(25)29-28(26)15-24(23)18(3)22(21)11-9-16/h4-16H,1-3H3. The third kappa shape index (κ3) is 2.34. The number of hydrogen-bond donors (Lipinski definition) is 0. The highest BCUT2D eigenvalue weighted by molar-refractivity contribution is 6.14. The van der Waals surface area contributed by atoms with Gasteiger partial charge in [0.05, 0.1) is 0 Å². The van der Waals surface area contributed by atoms with E-state index in [1.165, 1.54) is 54.6 Å². The molecule has 1 atom stereocenters. The quantitative estimate of drug-likeness (QED) is 0.266. The van der Waals surface area contributed by atoms with Crippen LogP contribution in [0.5, 0.6) is 0 Å². The molecule has 0 spiro atoms. The van der Waals surface area contributed by atoms with Crippen molar-refractivity contribution in [3.8, 4) is 0 Å². The summed E-state index contributed by atoms with van der Waals surface area (Å²) in [4.78, 5) is 0. The van der Waals surface area contributed by atoms with Gasteiger partial charge in [0, 0.05) is 10.8 Å². The van der Waals surface area contributed by atoms with Gasteiger partial charge in [-0.2, -0.15) is 0 Å². The Hall–Kier alpha value is -3.32. The second-order valence-electron chi connectivity index (χ2n) is 8.35.